The molecule has 1 aliphatic rings. The average molecular weight is 531 g/mol. The van der Waals surface area contributed by atoms with Gasteiger partial charge in [0, 0.05) is 28.7 Å². The van der Waals surface area contributed by atoms with Gasteiger partial charge in [0.05, 0.1) is 36.3 Å². The monoisotopic (exact) mass is 530 g/mol. The van der Waals surface area contributed by atoms with Crippen molar-refractivity contribution in [3.63, 3.8) is 0 Å². The molecule has 3 heterocycles. The van der Waals surface area contributed by atoms with Crippen molar-refractivity contribution in [1.82, 2.24) is 24.3 Å². The molecule has 0 N–H and O–H groups in total. The third kappa shape index (κ3) is 4.25. The van der Waals surface area contributed by atoms with Crippen LogP contribution in [0.15, 0.2) is 53.4 Å². The number of rotatable bonds is 5. The molecule has 4 aromatic rings. The summed E-state index contributed by atoms with van der Waals surface area (Å²) in [7, 11) is 1.67. The molecule has 0 spiro atoms. The highest BCUT2D eigenvalue weighted by atomic mass is 79.9. The highest BCUT2D eigenvalue weighted by Crippen LogP contribution is 2.39. The van der Waals surface area contributed by atoms with Crippen LogP contribution in [0.5, 0.6) is 5.75 Å². The second kappa shape index (κ2) is 8.97. The predicted molar refractivity (Wildman–Crippen MR) is 138 cm³/mol. The number of benzene rings is 2. The van der Waals surface area contributed by atoms with Crippen molar-refractivity contribution in [2.75, 3.05) is 7.11 Å². The number of aryl methyl sites for hydroxylation is 2. The van der Waals surface area contributed by atoms with Crippen LogP contribution < -0.4 is 4.74 Å². The number of hydrogen-bond donors (Lipinski definition) is 0. The van der Waals surface area contributed by atoms with Crippen LogP contribution in [0.4, 0.5) is 0 Å². The Labute approximate surface area is 213 Å². The Kier molecular flexibility index (Phi) is 5.97. The van der Waals surface area contributed by atoms with Gasteiger partial charge in [0.25, 0.3) is 0 Å². The average Bonchev–Trinajstić information content (AvgIpc) is 3.50. The third-order valence-corrected chi connectivity index (χ3v) is 7.40. The predicted octanol–water partition coefficient (Wildman–Crippen LogP) is 5.94. The number of fused-ring (bicyclic) bond motifs is 1. The van der Waals surface area contributed by atoms with Gasteiger partial charge in [-0.15, -0.1) is 0 Å². The zero-order valence-electron chi connectivity index (χ0n) is 20.3. The molecule has 0 amide bonds. The number of halogens is 1. The first-order valence-electron chi connectivity index (χ1n) is 11.7. The van der Waals surface area contributed by atoms with Gasteiger partial charge in [-0.2, -0.15) is 10.4 Å². The first-order valence-corrected chi connectivity index (χ1v) is 12.5. The first kappa shape index (κ1) is 23.3. The van der Waals surface area contributed by atoms with E-state index in [2.05, 4.69) is 33.0 Å². The van der Waals surface area contributed by atoms with Crippen LogP contribution in [0, 0.1) is 18.3 Å². The molecule has 1 aliphatic heterocycles. The minimum absolute atomic E-state index is 0.101. The van der Waals surface area contributed by atoms with E-state index in [4.69, 9.17) is 14.8 Å². The van der Waals surface area contributed by atoms with E-state index in [1.54, 1.807) is 13.4 Å². The van der Waals surface area contributed by atoms with Crippen LogP contribution in [-0.2, 0) is 12.0 Å². The molecule has 5 rings (SSSR count). The summed E-state index contributed by atoms with van der Waals surface area (Å²) in [5, 5.41) is 14.5. The smallest absolute Gasteiger partial charge is 0.181 e. The molecule has 0 radical (unpaired) electrons. The number of imidazole rings is 1. The fourth-order valence-corrected chi connectivity index (χ4v) is 5.14. The molecule has 0 fully saturated rings. The number of methoxy groups -OCH3 is 1. The quantitative estimate of drug-likeness (QED) is 0.319. The minimum atomic E-state index is -0.560. The van der Waals surface area contributed by atoms with E-state index in [9.17, 15) is 5.26 Å². The summed E-state index contributed by atoms with van der Waals surface area (Å²) >= 11 is 3.74. The van der Waals surface area contributed by atoms with Crippen LogP contribution in [0.1, 0.15) is 55.3 Å². The summed E-state index contributed by atoms with van der Waals surface area (Å²) in [4.78, 5) is 9.33. The van der Waals surface area contributed by atoms with Crippen molar-refractivity contribution < 1.29 is 4.74 Å². The lowest BCUT2D eigenvalue weighted by atomic mass is 9.82. The lowest BCUT2D eigenvalue weighted by Crippen LogP contribution is -2.20. The fraction of sp³-hybridized carbons (Fsp3) is 0.333. The van der Waals surface area contributed by atoms with Gasteiger partial charge >= 0.3 is 0 Å². The van der Waals surface area contributed by atoms with E-state index in [1.807, 2.05) is 66.5 Å². The SMILES string of the molecule is COc1cc(-c2nc3n(n2)CCC[C@@H]3c2cc(C(C)(C)C#N)ccc2Br)ccc1-n1cnc(C)c1. The van der Waals surface area contributed by atoms with Crippen LogP contribution in [0.3, 0.4) is 0 Å². The van der Waals surface area contributed by atoms with Gasteiger partial charge in [-0.25, -0.2) is 14.6 Å². The first-order chi connectivity index (χ1) is 16.8. The fourth-order valence-electron chi connectivity index (χ4n) is 4.61. The Balaban J connectivity index is 1.54. The lowest BCUT2D eigenvalue weighted by Gasteiger charge is -2.25. The Morgan fingerprint density at radius 3 is 2.74 bits per heavy atom. The molecular weight excluding hydrogens is 504 g/mol. The highest BCUT2D eigenvalue weighted by molar-refractivity contribution is 9.10. The van der Waals surface area contributed by atoms with Gasteiger partial charge in [-0.3, -0.25) is 0 Å². The van der Waals surface area contributed by atoms with Crippen molar-refractivity contribution in [2.45, 2.75) is 51.5 Å². The van der Waals surface area contributed by atoms with Gasteiger partial charge in [0.1, 0.15) is 11.6 Å². The summed E-state index contributed by atoms with van der Waals surface area (Å²) in [6.45, 7) is 6.69. The summed E-state index contributed by atoms with van der Waals surface area (Å²) < 4.78 is 10.7. The maximum Gasteiger partial charge on any atom is 0.181 e. The number of ether oxygens (including phenoxy) is 1. The molecule has 8 heteroatoms. The second-order valence-corrected chi connectivity index (χ2v) is 10.3. The van der Waals surface area contributed by atoms with Gasteiger partial charge in [0.15, 0.2) is 5.82 Å². The van der Waals surface area contributed by atoms with Crippen molar-refractivity contribution in [3.8, 4) is 28.9 Å². The lowest BCUT2D eigenvalue weighted by molar-refractivity contribution is 0.413. The van der Waals surface area contributed by atoms with Crippen LogP contribution in [0.2, 0.25) is 0 Å². The molecule has 2 aromatic carbocycles. The van der Waals surface area contributed by atoms with Gasteiger partial charge in [0.2, 0.25) is 0 Å². The zero-order chi connectivity index (χ0) is 24.7. The number of hydrogen-bond acceptors (Lipinski definition) is 5. The maximum absolute atomic E-state index is 9.64. The zero-order valence-corrected chi connectivity index (χ0v) is 21.9. The molecule has 0 unspecified atom stereocenters. The Bertz CT molecular complexity index is 1440. The summed E-state index contributed by atoms with van der Waals surface area (Å²) in [6.07, 6.45) is 5.75. The molecule has 0 aliphatic carbocycles. The van der Waals surface area contributed by atoms with Crippen molar-refractivity contribution in [3.05, 3.63) is 76.0 Å². The number of nitriles is 1. The van der Waals surface area contributed by atoms with Gasteiger partial charge < -0.3 is 9.30 Å². The molecule has 2 aromatic heterocycles. The van der Waals surface area contributed by atoms with Crippen molar-refractivity contribution >= 4 is 15.9 Å². The molecule has 0 bridgehead atoms. The summed E-state index contributed by atoms with van der Waals surface area (Å²) in [5.74, 6) is 2.47. The van der Waals surface area contributed by atoms with Crippen LogP contribution >= 0.6 is 15.9 Å². The maximum atomic E-state index is 9.64. The Morgan fingerprint density at radius 2 is 2.03 bits per heavy atom. The van der Waals surface area contributed by atoms with Crippen molar-refractivity contribution in [1.29, 1.82) is 5.26 Å². The van der Waals surface area contributed by atoms with E-state index in [-0.39, 0.29) is 5.92 Å². The molecular formula is C27H27BrN6O. The van der Waals surface area contributed by atoms with Crippen molar-refractivity contribution in [2.24, 2.45) is 0 Å². The summed E-state index contributed by atoms with van der Waals surface area (Å²) in [6, 6.07) is 14.6. The van der Waals surface area contributed by atoms with E-state index in [0.29, 0.717) is 5.82 Å². The number of nitrogens with zero attached hydrogens (tertiary/aromatic N) is 6. The topological polar surface area (TPSA) is 81.5 Å². The molecule has 35 heavy (non-hydrogen) atoms. The molecule has 178 valence electrons. The third-order valence-electron chi connectivity index (χ3n) is 6.68. The highest BCUT2D eigenvalue weighted by Gasteiger charge is 2.30. The van der Waals surface area contributed by atoms with E-state index < -0.39 is 5.41 Å². The number of aromatic nitrogens is 5. The summed E-state index contributed by atoms with van der Waals surface area (Å²) in [5.41, 5.74) is 4.36. The minimum Gasteiger partial charge on any atom is -0.495 e. The largest absolute Gasteiger partial charge is 0.495 e. The second-order valence-electron chi connectivity index (χ2n) is 9.49. The normalized spacial score (nSPS) is 15.5. The van der Waals surface area contributed by atoms with Crippen LogP contribution in [0.25, 0.3) is 17.1 Å². The Morgan fingerprint density at radius 1 is 1.20 bits per heavy atom. The van der Waals surface area contributed by atoms with Crippen LogP contribution in [-0.4, -0.2) is 31.4 Å². The van der Waals surface area contributed by atoms with Gasteiger partial charge in [-0.05, 0) is 69.0 Å². The molecule has 1 atom stereocenters. The molecule has 7 nitrogen and oxygen atoms in total. The van der Waals surface area contributed by atoms with Gasteiger partial charge in [-0.1, -0.05) is 28.1 Å². The van der Waals surface area contributed by atoms with E-state index in [0.717, 1.165) is 63.5 Å². The Hall–Kier alpha value is -3.44. The van der Waals surface area contributed by atoms with E-state index in [1.165, 1.54) is 0 Å². The standard InChI is InChI=1S/C27H27BrN6O/c1-17-14-33(16-30-17)23-10-7-18(12-24(23)35-4)25-31-26-20(6-5-11-34(26)32-25)21-13-19(8-9-22(21)28)27(2,3)15-29/h7-10,12-14,16,20H,5-6,11H2,1-4H3/t20-/m1/s1. The molecule has 0 saturated heterocycles. The molecule has 0 saturated carbocycles. The van der Waals surface area contributed by atoms with E-state index >= 15 is 0 Å².